The van der Waals surface area contributed by atoms with Crippen molar-refractivity contribution >= 4 is 0 Å². The van der Waals surface area contributed by atoms with Gasteiger partial charge in [0, 0.05) is 6.61 Å². The van der Waals surface area contributed by atoms with E-state index in [1.807, 2.05) is 0 Å². The van der Waals surface area contributed by atoms with Crippen LogP contribution in [0.2, 0.25) is 0 Å². The second-order valence-corrected chi connectivity index (χ2v) is 7.92. The standard InChI is InChI=1S/C18H35NO10/c1-8(2)17-15(24)13(22)12(21)10(28-17)7-27-18-16(25)14(23)11(20)9(29-18)6-26-5-3-4-19/h8-18,20-25H,3-7,19H2,1-2H3. The van der Waals surface area contributed by atoms with Crippen LogP contribution in [-0.2, 0) is 18.9 Å². The van der Waals surface area contributed by atoms with Gasteiger partial charge in [0.05, 0.1) is 19.3 Å². The maximum absolute atomic E-state index is 10.2. The lowest BCUT2D eigenvalue weighted by Gasteiger charge is -2.44. The summed E-state index contributed by atoms with van der Waals surface area (Å²) in [6.07, 6.45) is -11.8. The average Bonchev–Trinajstić information content (AvgIpc) is 2.69. The van der Waals surface area contributed by atoms with E-state index >= 15 is 0 Å². The predicted octanol–water partition coefficient (Wildman–Crippen LogP) is -3.32. The fourth-order valence-electron chi connectivity index (χ4n) is 3.43. The number of hydrogen-bond acceptors (Lipinski definition) is 11. The van der Waals surface area contributed by atoms with Gasteiger partial charge in [-0.1, -0.05) is 13.8 Å². The first-order valence-electron chi connectivity index (χ1n) is 9.97. The minimum atomic E-state index is -1.54. The molecule has 29 heavy (non-hydrogen) atoms. The summed E-state index contributed by atoms with van der Waals surface area (Å²) in [5.41, 5.74) is 5.39. The van der Waals surface area contributed by atoms with E-state index in [1.165, 1.54) is 0 Å². The fraction of sp³-hybridized carbons (Fsp3) is 1.00. The van der Waals surface area contributed by atoms with E-state index in [1.54, 1.807) is 13.8 Å². The number of ether oxygens (including phenoxy) is 4. The Morgan fingerprint density at radius 2 is 1.38 bits per heavy atom. The molecule has 0 aromatic rings. The molecule has 0 spiro atoms. The highest BCUT2D eigenvalue weighted by molar-refractivity contribution is 4.94. The van der Waals surface area contributed by atoms with Gasteiger partial charge in [0.2, 0.25) is 0 Å². The highest BCUT2D eigenvalue weighted by Gasteiger charge is 2.47. The van der Waals surface area contributed by atoms with E-state index < -0.39 is 61.2 Å². The van der Waals surface area contributed by atoms with Crippen molar-refractivity contribution in [2.45, 2.75) is 81.5 Å². The smallest absolute Gasteiger partial charge is 0.186 e. The largest absolute Gasteiger partial charge is 0.388 e. The van der Waals surface area contributed by atoms with Gasteiger partial charge in [-0.05, 0) is 18.9 Å². The first-order valence-corrected chi connectivity index (χ1v) is 9.97. The summed E-state index contributed by atoms with van der Waals surface area (Å²) in [5, 5.41) is 60.6. The molecule has 0 aliphatic carbocycles. The summed E-state index contributed by atoms with van der Waals surface area (Å²) >= 11 is 0. The third kappa shape index (κ3) is 6.05. The third-order valence-electron chi connectivity index (χ3n) is 5.27. The molecule has 2 aliphatic heterocycles. The van der Waals surface area contributed by atoms with E-state index in [0.717, 1.165) is 0 Å². The summed E-state index contributed by atoms with van der Waals surface area (Å²) in [4.78, 5) is 0. The number of aliphatic hydroxyl groups is 6. The molecular weight excluding hydrogens is 390 g/mol. The molecule has 2 fully saturated rings. The molecule has 172 valence electrons. The van der Waals surface area contributed by atoms with Crippen molar-refractivity contribution in [2.24, 2.45) is 11.7 Å². The monoisotopic (exact) mass is 425 g/mol. The summed E-state index contributed by atoms with van der Waals surface area (Å²) < 4.78 is 22.0. The van der Waals surface area contributed by atoms with Crippen molar-refractivity contribution in [1.29, 1.82) is 0 Å². The van der Waals surface area contributed by atoms with Gasteiger partial charge in [0.15, 0.2) is 6.29 Å². The van der Waals surface area contributed by atoms with Gasteiger partial charge >= 0.3 is 0 Å². The average molecular weight is 425 g/mol. The normalized spacial score (nSPS) is 43.7. The van der Waals surface area contributed by atoms with Crippen molar-refractivity contribution in [3.05, 3.63) is 0 Å². The molecule has 2 aliphatic rings. The van der Waals surface area contributed by atoms with Crippen molar-refractivity contribution in [3.8, 4) is 0 Å². The number of aliphatic hydroxyl groups excluding tert-OH is 6. The lowest BCUT2D eigenvalue weighted by Crippen LogP contribution is -2.62. The van der Waals surface area contributed by atoms with Crippen LogP contribution in [-0.4, -0.2) is 118 Å². The molecule has 11 nitrogen and oxygen atoms in total. The molecular formula is C18H35NO10. The molecule has 10 atom stereocenters. The maximum Gasteiger partial charge on any atom is 0.186 e. The van der Waals surface area contributed by atoms with E-state index in [-0.39, 0.29) is 19.1 Å². The predicted molar refractivity (Wildman–Crippen MR) is 98.6 cm³/mol. The summed E-state index contributed by atoms with van der Waals surface area (Å²) in [6, 6.07) is 0. The third-order valence-corrected chi connectivity index (χ3v) is 5.27. The Kier molecular flexibility index (Phi) is 9.64. The Balaban J connectivity index is 1.94. The van der Waals surface area contributed by atoms with Crippen molar-refractivity contribution in [3.63, 3.8) is 0 Å². The highest BCUT2D eigenvalue weighted by Crippen LogP contribution is 2.28. The first-order chi connectivity index (χ1) is 13.7. The summed E-state index contributed by atoms with van der Waals surface area (Å²) in [5.74, 6) is -0.127. The van der Waals surface area contributed by atoms with Gasteiger partial charge < -0.3 is 55.3 Å². The van der Waals surface area contributed by atoms with Gasteiger partial charge in [0.1, 0.15) is 48.8 Å². The molecule has 8 N–H and O–H groups in total. The molecule has 2 saturated heterocycles. The second kappa shape index (κ2) is 11.3. The second-order valence-electron chi connectivity index (χ2n) is 7.92. The van der Waals surface area contributed by atoms with Crippen LogP contribution >= 0.6 is 0 Å². The Labute approximate surface area is 169 Å². The summed E-state index contributed by atoms with van der Waals surface area (Å²) in [6.45, 7) is 4.09. The van der Waals surface area contributed by atoms with Gasteiger partial charge in [0.25, 0.3) is 0 Å². The molecule has 0 bridgehead atoms. The van der Waals surface area contributed by atoms with E-state index in [4.69, 9.17) is 24.7 Å². The topological polar surface area (TPSA) is 184 Å². The van der Waals surface area contributed by atoms with Crippen LogP contribution in [0.4, 0.5) is 0 Å². The zero-order chi connectivity index (χ0) is 21.7. The molecule has 0 amide bonds. The molecule has 0 saturated carbocycles. The molecule has 0 aromatic carbocycles. The van der Waals surface area contributed by atoms with Crippen LogP contribution in [0.25, 0.3) is 0 Å². The number of nitrogens with two attached hydrogens (primary N) is 1. The van der Waals surface area contributed by atoms with Crippen molar-refractivity contribution < 1.29 is 49.6 Å². The van der Waals surface area contributed by atoms with Crippen molar-refractivity contribution in [1.82, 2.24) is 0 Å². The molecule has 2 heterocycles. The zero-order valence-corrected chi connectivity index (χ0v) is 16.8. The fourth-order valence-corrected chi connectivity index (χ4v) is 3.43. The minimum Gasteiger partial charge on any atom is -0.388 e. The zero-order valence-electron chi connectivity index (χ0n) is 16.8. The summed E-state index contributed by atoms with van der Waals surface area (Å²) in [7, 11) is 0. The maximum atomic E-state index is 10.2. The van der Waals surface area contributed by atoms with E-state index in [9.17, 15) is 30.6 Å². The Bertz CT molecular complexity index is 484. The van der Waals surface area contributed by atoms with Crippen LogP contribution in [0.5, 0.6) is 0 Å². The van der Waals surface area contributed by atoms with Crippen LogP contribution in [0.15, 0.2) is 0 Å². The SMILES string of the molecule is CC(C)C1OC(COC2OC(COCCCN)C(O)C(O)C2O)C(O)C(O)C1O. The van der Waals surface area contributed by atoms with Crippen LogP contribution in [0.1, 0.15) is 20.3 Å². The molecule has 0 radical (unpaired) electrons. The van der Waals surface area contributed by atoms with Gasteiger partial charge in [-0.25, -0.2) is 0 Å². The van der Waals surface area contributed by atoms with E-state index in [0.29, 0.717) is 19.6 Å². The minimum absolute atomic E-state index is 0.0340. The lowest BCUT2D eigenvalue weighted by molar-refractivity contribution is -0.316. The van der Waals surface area contributed by atoms with Crippen LogP contribution in [0.3, 0.4) is 0 Å². The lowest BCUT2D eigenvalue weighted by atomic mass is 9.89. The van der Waals surface area contributed by atoms with Gasteiger partial charge in [-0.3, -0.25) is 0 Å². The Morgan fingerprint density at radius 3 is 1.97 bits per heavy atom. The van der Waals surface area contributed by atoms with Gasteiger partial charge in [-0.15, -0.1) is 0 Å². The van der Waals surface area contributed by atoms with Crippen LogP contribution in [0, 0.1) is 5.92 Å². The van der Waals surface area contributed by atoms with Gasteiger partial charge in [-0.2, -0.15) is 0 Å². The highest BCUT2D eigenvalue weighted by atomic mass is 16.7. The molecule has 11 heteroatoms. The molecule has 2 rings (SSSR count). The quantitative estimate of drug-likeness (QED) is 0.183. The van der Waals surface area contributed by atoms with Crippen molar-refractivity contribution in [2.75, 3.05) is 26.4 Å². The van der Waals surface area contributed by atoms with Crippen LogP contribution < -0.4 is 5.73 Å². The first kappa shape index (κ1) is 24.8. The van der Waals surface area contributed by atoms with E-state index in [2.05, 4.69) is 0 Å². The number of rotatable bonds is 9. The Hall–Kier alpha value is -0.440. The molecule has 0 aromatic heterocycles. The number of hydrogen-bond donors (Lipinski definition) is 7. The molecule has 10 unspecified atom stereocenters. The Morgan fingerprint density at radius 1 is 0.793 bits per heavy atom.